The maximum absolute atomic E-state index is 6.94. The van der Waals surface area contributed by atoms with E-state index >= 15 is 0 Å². The lowest BCUT2D eigenvalue weighted by atomic mass is 9.81. The van der Waals surface area contributed by atoms with Gasteiger partial charge in [-0.1, -0.05) is 109 Å². The molecule has 0 unspecified atom stereocenters. The first-order valence-electron chi connectivity index (χ1n) is 22.8. The Balaban J connectivity index is 1.18. The molecule has 0 saturated carbocycles. The highest BCUT2D eigenvalue weighted by Gasteiger charge is 2.35. The molecule has 60 heavy (non-hydrogen) atoms. The minimum absolute atomic E-state index is 0.0622. The second kappa shape index (κ2) is 16.4. The van der Waals surface area contributed by atoms with Crippen molar-refractivity contribution >= 4 is 44.4 Å². The van der Waals surface area contributed by atoms with Crippen molar-refractivity contribution in [2.24, 2.45) is 10.8 Å². The zero-order valence-electron chi connectivity index (χ0n) is 36.9. The Bertz CT molecular complexity index is 2400. The molecular weight excluding hydrogens is 801 g/mol. The Morgan fingerprint density at radius 1 is 0.767 bits per heavy atom. The van der Waals surface area contributed by atoms with Gasteiger partial charge in [-0.3, -0.25) is 0 Å². The molecule has 5 aliphatic heterocycles. The van der Waals surface area contributed by atoms with Gasteiger partial charge in [-0.2, -0.15) is 0 Å². The van der Waals surface area contributed by atoms with Gasteiger partial charge in [0.25, 0.3) is 5.75 Å². The second-order valence-corrected chi connectivity index (χ2v) is 20.3. The lowest BCUT2D eigenvalue weighted by molar-refractivity contribution is 0.288. The van der Waals surface area contributed by atoms with Crippen LogP contribution in [-0.4, -0.2) is 30.0 Å². The van der Waals surface area contributed by atoms with Crippen LogP contribution >= 0.6 is 16.3 Å². The summed E-state index contributed by atoms with van der Waals surface area (Å²) in [6.07, 6.45) is 26.6. The quantitative estimate of drug-likeness (QED) is 0.175. The van der Waals surface area contributed by atoms with Gasteiger partial charge in [0, 0.05) is 48.4 Å². The van der Waals surface area contributed by atoms with Crippen molar-refractivity contribution in [2.45, 2.75) is 112 Å². The van der Waals surface area contributed by atoms with Crippen LogP contribution in [0.25, 0.3) is 16.7 Å². The van der Waals surface area contributed by atoms with Crippen molar-refractivity contribution in [3.8, 4) is 11.5 Å². The standard InChI is InChI=1S/C55H63BrN2O2/c1-36(54(2,3)4)32-40(47-34-43-21-13-29-58-31-15-23-45(51(43)58)53(47)60-56)26-24-38-18-11-19-39(49(38)37-16-9-8-10-17-37)25-27-41-35-48(55(5,6)7)59-52-44-22-14-30-57-28-12-20-42(50(44)57)33-46(41)52/h8-10,16-17,24-27,32-35H,1,11-15,18-23,28-31H2,2-7H3/p+1/b26-24+,39-25+,40-32-,41-27+. The fraction of sp³-hybridized carbons (Fsp3) is 0.418. The van der Waals surface area contributed by atoms with E-state index in [1.165, 1.54) is 104 Å². The van der Waals surface area contributed by atoms with Crippen molar-refractivity contribution in [1.29, 1.82) is 0 Å². The molecule has 0 amide bonds. The summed E-state index contributed by atoms with van der Waals surface area (Å²) < 4.78 is 11.8. The third kappa shape index (κ3) is 7.81. The molecule has 9 rings (SSSR count). The average molecular weight is 865 g/mol. The van der Waals surface area contributed by atoms with E-state index in [2.05, 4.69) is 153 Å². The van der Waals surface area contributed by atoms with Crippen LogP contribution in [0.5, 0.6) is 11.5 Å². The number of halogens is 1. The maximum atomic E-state index is 6.94. The van der Waals surface area contributed by atoms with Crippen LogP contribution in [0.2, 0.25) is 0 Å². The van der Waals surface area contributed by atoms with Gasteiger partial charge in [-0.05, 0) is 144 Å². The molecule has 6 aliphatic rings. The van der Waals surface area contributed by atoms with Crippen molar-refractivity contribution in [3.63, 3.8) is 0 Å². The molecule has 312 valence electrons. The van der Waals surface area contributed by atoms with Crippen LogP contribution in [0.1, 0.15) is 125 Å². The number of fused-ring (bicyclic) bond motifs is 2. The fourth-order valence-electron chi connectivity index (χ4n) is 10.4. The van der Waals surface area contributed by atoms with Crippen LogP contribution in [0.3, 0.4) is 0 Å². The zero-order valence-corrected chi connectivity index (χ0v) is 38.5. The smallest absolute Gasteiger partial charge is 0.442 e. The first-order valence-corrected chi connectivity index (χ1v) is 23.5. The largest absolute Gasteiger partial charge is 0.509 e. The molecule has 0 fully saturated rings. The summed E-state index contributed by atoms with van der Waals surface area (Å²) in [5.41, 5.74) is 19.9. The van der Waals surface area contributed by atoms with Gasteiger partial charge in [0.15, 0.2) is 0 Å². The summed E-state index contributed by atoms with van der Waals surface area (Å²) in [6.45, 7) is 22.8. The summed E-state index contributed by atoms with van der Waals surface area (Å²) in [6, 6.07) is 16.0. The van der Waals surface area contributed by atoms with E-state index in [-0.39, 0.29) is 10.8 Å². The van der Waals surface area contributed by atoms with Crippen LogP contribution in [0.4, 0.5) is 11.4 Å². The number of ether oxygens (including phenoxy) is 1. The van der Waals surface area contributed by atoms with E-state index in [0.29, 0.717) is 0 Å². The first-order chi connectivity index (χ1) is 28.9. The Labute approximate surface area is 368 Å². The predicted molar refractivity (Wildman–Crippen MR) is 258 cm³/mol. The summed E-state index contributed by atoms with van der Waals surface area (Å²) in [7, 11) is 0. The average Bonchev–Trinajstić information content (AvgIpc) is 3.24. The zero-order chi connectivity index (χ0) is 41.8. The summed E-state index contributed by atoms with van der Waals surface area (Å²) in [5.74, 6) is 3.22. The molecule has 0 atom stereocenters. The van der Waals surface area contributed by atoms with E-state index in [9.17, 15) is 0 Å². The van der Waals surface area contributed by atoms with Crippen LogP contribution in [-0.2, 0) is 25.7 Å². The molecule has 3 aromatic rings. The van der Waals surface area contributed by atoms with Gasteiger partial charge >= 0.3 is 16.3 Å². The molecule has 0 spiro atoms. The number of hydrogen-bond acceptors (Lipinski definition) is 3. The number of rotatable bonds is 7. The molecule has 4 nitrogen and oxygen atoms in total. The van der Waals surface area contributed by atoms with Gasteiger partial charge in [-0.25, -0.2) is 0 Å². The highest BCUT2D eigenvalue weighted by Crippen LogP contribution is 2.50. The Hall–Kier alpha value is -4.48. The van der Waals surface area contributed by atoms with Crippen molar-refractivity contribution in [3.05, 3.63) is 147 Å². The molecule has 5 heteroatoms. The van der Waals surface area contributed by atoms with Gasteiger partial charge in [-0.15, -0.1) is 0 Å². The minimum Gasteiger partial charge on any atom is -0.509 e. The molecule has 0 radical (unpaired) electrons. The van der Waals surface area contributed by atoms with E-state index in [0.717, 1.165) is 94.0 Å². The Morgan fingerprint density at radius 3 is 2.08 bits per heavy atom. The van der Waals surface area contributed by atoms with Gasteiger partial charge in [0.1, 0.15) is 11.5 Å². The molecule has 3 aromatic carbocycles. The fourth-order valence-corrected chi connectivity index (χ4v) is 10.8. The number of nitrogens with zero attached hydrogens (tertiary/aromatic N) is 2. The summed E-state index contributed by atoms with van der Waals surface area (Å²) >= 11 is 3.62. The molecule has 0 bridgehead atoms. The minimum atomic E-state index is -0.112. The number of benzene rings is 3. The Morgan fingerprint density at radius 2 is 1.42 bits per heavy atom. The highest BCUT2D eigenvalue weighted by atomic mass is 79.9. The van der Waals surface area contributed by atoms with E-state index < -0.39 is 0 Å². The van der Waals surface area contributed by atoms with Gasteiger partial charge in [0.05, 0.1) is 16.8 Å². The monoisotopic (exact) mass is 863 g/mol. The second-order valence-electron chi connectivity index (χ2n) is 20.0. The lowest BCUT2D eigenvalue weighted by Crippen LogP contribution is -2.35. The number of anilines is 2. The van der Waals surface area contributed by atoms with E-state index in [1.807, 2.05) is 0 Å². The van der Waals surface area contributed by atoms with Crippen molar-refractivity contribution in [2.75, 3.05) is 36.0 Å². The molecule has 0 saturated heterocycles. The van der Waals surface area contributed by atoms with Gasteiger partial charge in [0.2, 0.25) is 0 Å². The third-order valence-corrected chi connectivity index (χ3v) is 14.1. The topological polar surface area (TPSA) is 28.5 Å². The number of aromatic hydroxyl groups is 1. The molecule has 1 aliphatic carbocycles. The summed E-state index contributed by atoms with van der Waals surface area (Å²) in [4.78, 5) is 5.23. The SMILES string of the molecule is C=C(/C=C(/C=C/C1=C(c2ccccc2)C(=C/C=C2\C=C(C(C)(C)C)Oc3c2cc2c4c3CCCN4CCC2)/CCC1)c1cc2c3c(c1[OH+]Br)CCCN3CCC2)C(C)(C)C. The first kappa shape index (κ1) is 40.9. The van der Waals surface area contributed by atoms with Crippen LogP contribution in [0.15, 0.2) is 108 Å². The molecule has 5 heterocycles. The third-order valence-electron chi connectivity index (χ3n) is 13.7. The van der Waals surface area contributed by atoms with Crippen molar-refractivity contribution < 1.29 is 8.57 Å². The number of aryl methyl sites for hydroxylation is 2. The van der Waals surface area contributed by atoms with Gasteiger partial charge < -0.3 is 18.4 Å². The normalized spacial score (nSPS) is 20.5. The lowest BCUT2D eigenvalue weighted by Gasteiger charge is -2.40. The Kier molecular flexibility index (Phi) is 11.2. The van der Waals surface area contributed by atoms with Crippen LogP contribution < -0.4 is 14.5 Å². The molecule has 0 aromatic heterocycles. The van der Waals surface area contributed by atoms with E-state index in [1.54, 1.807) is 0 Å². The maximum Gasteiger partial charge on any atom is 0.442 e. The van der Waals surface area contributed by atoms with Crippen LogP contribution in [0, 0.1) is 10.8 Å². The van der Waals surface area contributed by atoms with Crippen molar-refractivity contribution in [1.82, 2.24) is 0 Å². The molecular formula is C55H64BrN2O2+. The molecule has 1 N–H and O–H groups in total. The summed E-state index contributed by atoms with van der Waals surface area (Å²) in [5, 5.41) is 0. The highest BCUT2D eigenvalue weighted by molar-refractivity contribution is 9.05. The predicted octanol–water partition coefficient (Wildman–Crippen LogP) is 14.1. The van der Waals surface area contributed by atoms with E-state index in [4.69, 9.17) is 8.57 Å². The number of allylic oxidation sites excluding steroid dienone is 13. The number of hydrogen-bond donors (Lipinski definition) is 0.